The molecule has 2 saturated heterocycles. The summed E-state index contributed by atoms with van der Waals surface area (Å²) in [6.45, 7) is 0.494. The number of ether oxygens (including phenoxy) is 1. The molecule has 0 aromatic carbocycles. The van der Waals surface area contributed by atoms with E-state index in [1.807, 2.05) is 6.07 Å². The predicted molar refractivity (Wildman–Crippen MR) is 93.9 cm³/mol. The summed E-state index contributed by atoms with van der Waals surface area (Å²) in [5, 5.41) is 27.9. The predicted octanol–water partition coefficient (Wildman–Crippen LogP) is 1.36. The first kappa shape index (κ1) is 18.1. The van der Waals surface area contributed by atoms with Gasteiger partial charge in [-0.3, -0.25) is 9.69 Å². The third-order valence-electron chi connectivity index (χ3n) is 5.91. The molecule has 1 aromatic rings. The molecule has 0 spiro atoms. The molecular formula is C19H19N5O4. The van der Waals surface area contributed by atoms with E-state index in [2.05, 4.69) is 11.1 Å². The minimum atomic E-state index is -1.15. The van der Waals surface area contributed by atoms with Crippen LogP contribution in [0.15, 0.2) is 18.3 Å². The summed E-state index contributed by atoms with van der Waals surface area (Å²) in [5.74, 6) is -0.0836. The first-order chi connectivity index (χ1) is 13.5. The number of piperidine rings is 1. The summed E-state index contributed by atoms with van der Waals surface area (Å²) in [4.78, 5) is 31.8. The summed E-state index contributed by atoms with van der Waals surface area (Å²) in [6.07, 6.45) is 2.35. The number of carboxylic acid groups (broad SMARTS) is 1. The number of nitriles is 2. The number of hydrogen-bond donors (Lipinski definition) is 1. The van der Waals surface area contributed by atoms with E-state index in [0.29, 0.717) is 37.3 Å². The molecule has 0 unspecified atom stereocenters. The van der Waals surface area contributed by atoms with Gasteiger partial charge in [0.2, 0.25) is 11.8 Å². The molecule has 3 fully saturated rings. The van der Waals surface area contributed by atoms with Gasteiger partial charge < -0.3 is 14.7 Å². The molecule has 144 valence electrons. The van der Waals surface area contributed by atoms with Crippen LogP contribution in [0.25, 0.3) is 0 Å². The number of amides is 2. The van der Waals surface area contributed by atoms with Crippen LogP contribution in [0.4, 0.5) is 4.79 Å². The van der Waals surface area contributed by atoms with E-state index >= 15 is 0 Å². The molecule has 9 nitrogen and oxygen atoms in total. The molecule has 3 heterocycles. The van der Waals surface area contributed by atoms with Gasteiger partial charge >= 0.3 is 6.09 Å². The Bertz CT molecular complexity index is 874. The molecule has 3 aliphatic rings. The molecule has 1 aliphatic carbocycles. The molecular weight excluding hydrogens is 362 g/mol. The molecule has 1 saturated carbocycles. The van der Waals surface area contributed by atoms with Gasteiger partial charge in [-0.15, -0.1) is 0 Å². The highest BCUT2D eigenvalue weighted by molar-refractivity contribution is 5.87. The van der Waals surface area contributed by atoms with Crippen LogP contribution in [-0.2, 0) is 4.79 Å². The number of fused-ring (bicyclic) bond motifs is 2. The number of carbonyl (C=O) groups is 2. The fourth-order valence-corrected chi connectivity index (χ4v) is 4.71. The van der Waals surface area contributed by atoms with Gasteiger partial charge in [0, 0.05) is 18.8 Å². The van der Waals surface area contributed by atoms with Crippen molar-refractivity contribution < 1.29 is 19.4 Å². The molecule has 9 heteroatoms. The zero-order valence-corrected chi connectivity index (χ0v) is 15.1. The average Bonchev–Trinajstić information content (AvgIpc) is 3.41. The lowest BCUT2D eigenvalue weighted by molar-refractivity contribution is -0.138. The zero-order valence-electron chi connectivity index (χ0n) is 15.1. The van der Waals surface area contributed by atoms with Crippen LogP contribution in [0.2, 0.25) is 0 Å². The Morgan fingerprint density at radius 2 is 2.11 bits per heavy atom. The van der Waals surface area contributed by atoms with E-state index in [0.717, 1.165) is 6.42 Å². The topological polar surface area (TPSA) is 131 Å². The number of likely N-dealkylation sites (tertiary alicyclic amines) is 2. The zero-order chi connectivity index (χ0) is 19.8. The number of aromatic nitrogens is 1. The Morgan fingerprint density at radius 1 is 1.29 bits per heavy atom. The molecule has 1 aromatic heterocycles. The van der Waals surface area contributed by atoms with Crippen LogP contribution in [0, 0.1) is 28.6 Å². The molecule has 2 bridgehead atoms. The summed E-state index contributed by atoms with van der Waals surface area (Å²) in [7, 11) is 0. The van der Waals surface area contributed by atoms with E-state index in [1.54, 1.807) is 12.1 Å². The van der Waals surface area contributed by atoms with Crippen LogP contribution in [-0.4, -0.2) is 62.7 Å². The van der Waals surface area contributed by atoms with Crippen molar-refractivity contribution >= 4 is 12.0 Å². The van der Waals surface area contributed by atoms with Gasteiger partial charge in [-0.2, -0.15) is 10.5 Å². The molecule has 2 amide bonds. The van der Waals surface area contributed by atoms with Gasteiger partial charge in [0.05, 0.1) is 17.7 Å². The summed E-state index contributed by atoms with van der Waals surface area (Å²) in [6, 6.07) is 5.63. The SMILES string of the molecule is N#Cc1ccc(O[C@@H]2C[C@@H]3C[C@H]2N(C(=O)O)[C@@H]3C(=O)N2CCC[C@H]2C#N)nc1. The maximum absolute atomic E-state index is 13.0. The number of carbonyl (C=O) groups excluding carboxylic acids is 1. The lowest BCUT2D eigenvalue weighted by Gasteiger charge is -2.38. The Balaban J connectivity index is 1.51. The second-order valence-corrected chi connectivity index (χ2v) is 7.41. The summed E-state index contributed by atoms with van der Waals surface area (Å²) < 4.78 is 5.88. The van der Waals surface area contributed by atoms with Crippen LogP contribution < -0.4 is 4.74 Å². The minimum Gasteiger partial charge on any atom is -0.472 e. The van der Waals surface area contributed by atoms with Crippen molar-refractivity contribution in [2.24, 2.45) is 5.92 Å². The van der Waals surface area contributed by atoms with Gasteiger partial charge in [0.15, 0.2) is 0 Å². The molecule has 2 aliphatic heterocycles. The smallest absolute Gasteiger partial charge is 0.408 e. The first-order valence-corrected chi connectivity index (χ1v) is 9.27. The Labute approximate surface area is 161 Å². The largest absolute Gasteiger partial charge is 0.472 e. The molecule has 5 atom stereocenters. The number of rotatable bonds is 3. The summed E-state index contributed by atoms with van der Waals surface area (Å²) >= 11 is 0. The van der Waals surface area contributed by atoms with E-state index in [1.165, 1.54) is 16.0 Å². The Kier molecular flexibility index (Phi) is 4.52. The standard InChI is InChI=1S/C19H19N5O4/c20-8-11-3-4-16(22-10-11)28-15-7-12-6-14(15)24(19(26)27)17(12)18(25)23-5-1-2-13(23)9-21/h3-4,10,12-15,17H,1-2,5-7H2,(H,26,27)/t12-,13-,14+,15+,17-/m0/s1. The fourth-order valence-electron chi connectivity index (χ4n) is 4.71. The highest BCUT2D eigenvalue weighted by Gasteiger charge is 2.58. The highest BCUT2D eigenvalue weighted by atomic mass is 16.5. The van der Waals surface area contributed by atoms with E-state index < -0.39 is 30.3 Å². The monoisotopic (exact) mass is 381 g/mol. The normalized spacial score (nSPS) is 30.7. The van der Waals surface area contributed by atoms with Crippen molar-refractivity contribution in [3.63, 3.8) is 0 Å². The Morgan fingerprint density at radius 3 is 2.75 bits per heavy atom. The van der Waals surface area contributed by atoms with Crippen molar-refractivity contribution in [3.05, 3.63) is 23.9 Å². The lowest BCUT2D eigenvalue weighted by Crippen LogP contribution is -2.58. The van der Waals surface area contributed by atoms with Gasteiger partial charge in [0.25, 0.3) is 0 Å². The third-order valence-corrected chi connectivity index (χ3v) is 5.91. The molecule has 0 radical (unpaired) electrons. The molecule has 1 N–H and O–H groups in total. The number of pyridine rings is 1. The number of nitrogens with zero attached hydrogens (tertiary/aromatic N) is 5. The quantitative estimate of drug-likeness (QED) is 0.836. The molecule has 4 rings (SSSR count). The van der Waals surface area contributed by atoms with Crippen molar-refractivity contribution in [1.29, 1.82) is 10.5 Å². The van der Waals surface area contributed by atoms with E-state index in [-0.39, 0.29) is 11.8 Å². The Hall–Kier alpha value is -3.33. The first-order valence-electron chi connectivity index (χ1n) is 9.27. The van der Waals surface area contributed by atoms with Crippen LogP contribution >= 0.6 is 0 Å². The van der Waals surface area contributed by atoms with Gasteiger partial charge in [0.1, 0.15) is 24.3 Å². The van der Waals surface area contributed by atoms with Gasteiger partial charge in [-0.05, 0) is 37.7 Å². The van der Waals surface area contributed by atoms with Crippen LogP contribution in [0.5, 0.6) is 5.88 Å². The van der Waals surface area contributed by atoms with Crippen molar-refractivity contribution in [2.45, 2.75) is 49.9 Å². The highest BCUT2D eigenvalue weighted by Crippen LogP contribution is 2.45. The number of hydrogen-bond acceptors (Lipinski definition) is 6. The van der Waals surface area contributed by atoms with Gasteiger partial charge in [-0.1, -0.05) is 0 Å². The van der Waals surface area contributed by atoms with Gasteiger partial charge in [-0.25, -0.2) is 9.78 Å². The van der Waals surface area contributed by atoms with Crippen molar-refractivity contribution in [3.8, 4) is 18.0 Å². The van der Waals surface area contributed by atoms with Crippen LogP contribution in [0.1, 0.15) is 31.2 Å². The second kappa shape index (κ2) is 7.01. The second-order valence-electron chi connectivity index (χ2n) is 7.41. The summed E-state index contributed by atoms with van der Waals surface area (Å²) in [5.41, 5.74) is 0.413. The lowest BCUT2D eigenvalue weighted by atomic mass is 9.96. The van der Waals surface area contributed by atoms with E-state index in [4.69, 9.17) is 10.00 Å². The van der Waals surface area contributed by atoms with Crippen molar-refractivity contribution in [1.82, 2.24) is 14.8 Å². The molecule has 28 heavy (non-hydrogen) atoms. The van der Waals surface area contributed by atoms with E-state index in [9.17, 15) is 20.0 Å². The maximum atomic E-state index is 13.0. The van der Waals surface area contributed by atoms with Crippen molar-refractivity contribution in [2.75, 3.05) is 6.54 Å². The minimum absolute atomic E-state index is 0.142. The van der Waals surface area contributed by atoms with Crippen LogP contribution in [0.3, 0.4) is 0 Å². The average molecular weight is 381 g/mol. The maximum Gasteiger partial charge on any atom is 0.408 e. The fraction of sp³-hybridized carbons (Fsp3) is 0.526. The third kappa shape index (κ3) is 2.89.